The summed E-state index contributed by atoms with van der Waals surface area (Å²) in [5.41, 5.74) is 1.86. The molecule has 1 aromatic heterocycles. The average molecular weight is 455 g/mol. The van der Waals surface area contributed by atoms with Crippen LogP contribution in [0.2, 0.25) is 0 Å². The zero-order valence-electron chi connectivity index (χ0n) is 20.3. The molecule has 2 aromatic rings. The molecule has 2 atom stereocenters. The molecule has 1 aliphatic heterocycles. The van der Waals surface area contributed by atoms with Gasteiger partial charge in [-0.3, -0.25) is 9.59 Å². The second-order valence-corrected chi connectivity index (χ2v) is 8.98. The third kappa shape index (κ3) is 7.19. The third-order valence-corrected chi connectivity index (χ3v) is 6.44. The van der Waals surface area contributed by atoms with Crippen LogP contribution < -0.4 is 0 Å². The predicted molar refractivity (Wildman–Crippen MR) is 129 cm³/mol. The maximum atomic E-state index is 13.4. The molecule has 0 N–H and O–H groups in total. The zero-order valence-corrected chi connectivity index (χ0v) is 20.3. The Labute approximate surface area is 197 Å². The van der Waals surface area contributed by atoms with Crippen LogP contribution in [0.3, 0.4) is 0 Å². The minimum Gasteiger partial charge on any atom is -0.467 e. The number of ether oxygens (including phenoxy) is 1. The van der Waals surface area contributed by atoms with Gasteiger partial charge in [0.05, 0.1) is 18.9 Å². The van der Waals surface area contributed by atoms with Gasteiger partial charge < -0.3 is 19.0 Å². The highest BCUT2D eigenvalue weighted by Gasteiger charge is 2.28. The highest BCUT2D eigenvalue weighted by atomic mass is 16.5. The number of hydrogen-bond acceptors (Lipinski definition) is 4. The molecule has 2 heterocycles. The predicted octanol–water partition coefficient (Wildman–Crippen LogP) is 5.07. The van der Waals surface area contributed by atoms with Gasteiger partial charge in [0.2, 0.25) is 5.91 Å². The van der Waals surface area contributed by atoms with Crippen molar-refractivity contribution in [1.29, 1.82) is 0 Å². The van der Waals surface area contributed by atoms with Crippen molar-refractivity contribution in [2.24, 2.45) is 0 Å². The van der Waals surface area contributed by atoms with Crippen molar-refractivity contribution in [2.75, 3.05) is 19.7 Å². The Morgan fingerprint density at radius 1 is 1.15 bits per heavy atom. The molecule has 6 nitrogen and oxygen atoms in total. The lowest BCUT2D eigenvalue weighted by Crippen LogP contribution is -2.47. The molecule has 2 amide bonds. The van der Waals surface area contributed by atoms with E-state index in [1.54, 1.807) is 16.1 Å². The van der Waals surface area contributed by atoms with E-state index >= 15 is 0 Å². The molecule has 3 rings (SSSR count). The Balaban J connectivity index is 1.73. The molecular formula is C27H38N2O4. The van der Waals surface area contributed by atoms with Crippen LogP contribution >= 0.6 is 0 Å². The van der Waals surface area contributed by atoms with Gasteiger partial charge in [-0.05, 0) is 68.9 Å². The van der Waals surface area contributed by atoms with Crippen LogP contribution in [0, 0.1) is 0 Å². The summed E-state index contributed by atoms with van der Waals surface area (Å²) >= 11 is 0. The second kappa shape index (κ2) is 12.6. The summed E-state index contributed by atoms with van der Waals surface area (Å²) in [5, 5.41) is 0. The topological polar surface area (TPSA) is 63.0 Å². The monoisotopic (exact) mass is 454 g/mol. The average Bonchev–Trinajstić information content (AvgIpc) is 3.54. The number of carbonyl (C=O) groups excluding carboxylic acids is 2. The summed E-state index contributed by atoms with van der Waals surface area (Å²) in [6, 6.07) is 11.5. The Morgan fingerprint density at radius 3 is 2.55 bits per heavy atom. The molecule has 0 bridgehead atoms. The largest absolute Gasteiger partial charge is 0.467 e. The Kier molecular flexibility index (Phi) is 9.55. The third-order valence-electron chi connectivity index (χ3n) is 6.44. The summed E-state index contributed by atoms with van der Waals surface area (Å²) in [6.45, 7) is 7.87. The van der Waals surface area contributed by atoms with Crippen molar-refractivity contribution in [3.05, 3.63) is 59.5 Å². The number of rotatable bonds is 12. The molecular weight excluding hydrogens is 416 g/mol. The van der Waals surface area contributed by atoms with E-state index in [1.165, 1.54) is 5.56 Å². The normalized spacial score (nSPS) is 16.5. The van der Waals surface area contributed by atoms with Crippen LogP contribution in [0.1, 0.15) is 74.6 Å². The van der Waals surface area contributed by atoms with E-state index in [1.807, 2.05) is 50.2 Å². The van der Waals surface area contributed by atoms with Gasteiger partial charge >= 0.3 is 0 Å². The Morgan fingerprint density at radius 2 is 1.94 bits per heavy atom. The molecule has 0 saturated carbocycles. The van der Waals surface area contributed by atoms with Crippen LogP contribution in [-0.2, 0) is 22.5 Å². The molecule has 1 fully saturated rings. The number of carbonyl (C=O) groups is 2. The standard InChI is InChI=1S/C27H38N2O4/c1-4-6-9-22-12-14-23(15-13-22)27(31)29(21(3)5-2)20-26(30)28(18-24-10-7-16-32-24)19-25-11-8-17-33-25/h7,10,12-16,21,25H,4-6,8-9,11,17-20H2,1-3H3. The molecule has 2 unspecified atom stereocenters. The fourth-order valence-electron chi connectivity index (χ4n) is 4.13. The van der Waals surface area contributed by atoms with Gasteiger partial charge in [0.1, 0.15) is 12.3 Å². The summed E-state index contributed by atoms with van der Waals surface area (Å²) < 4.78 is 11.3. The fraction of sp³-hybridized carbons (Fsp3) is 0.556. The van der Waals surface area contributed by atoms with Gasteiger partial charge in [0, 0.05) is 24.8 Å². The number of nitrogens with zero attached hydrogens (tertiary/aromatic N) is 2. The van der Waals surface area contributed by atoms with Crippen LogP contribution in [0.4, 0.5) is 0 Å². The van der Waals surface area contributed by atoms with Crippen LogP contribution in [-0.4, -0.2) is 53.5 Å². The van der Waals surface area contributed by atoms with E-state index < -0.39 is 0 Å². The Hall–Kier alpha value is -2.60. The van der Waals surface area contributed by atoms with Gasteiger partial charge in [0.25, 0.3) is 5.91 Å². The van der Waals surface area contributed by atoms with Crippen LogP contribution in [0.25, 0.3) is 0 Å². The van der Waals surface area contributed by atoms with E-state index in [-0.39, 0.29) is 30.5 Å². The zero-order chi connectivity index (χ0) is 23.6. The minimum absolute atomic E-state index is 0.0346. The lowest BCUT2D eigenvalue weighted by atomic mass is 10.0. The smallest absolute Gasteiger partial charge is 0.254 e. The molecule has 1 aromatic carbocycles. The lowest BCUT2D eigenvalue weighted by Gasteiger charge is -2.32. The van der Waals surface area contributed by atoms with E-state index in [0.29, 0.717) is 18.7 Å². The highest BCUT2D eigenvalue weighted by molar-refractivity contribution is 5.96. The van der Waals surface area contributed by atoms with Crippen LogP contribution in [0.15, 0.2) is 47.1 Å². The first-order chi connectivity index (χ1) is 16.0. The maximum absolute atomic E-state index is 13.4. The molecule has 1 saturated heterocycles. The van der Waals surface area contributed by atoms with Crippen molar-refractivity contribution < 1.29 is 18.7 Å². The maximum Gasteiger partial charge on any atom is 0.254 e. The molecule has 0 radical (unpaired) electrons. The summed E-state index contributed by atoms with van der Waals surface area (Å²) in [7, 11) is 0. The van der Waals surface area contributed by atoms with Gasteiger partial charge in [-0.25, -0.2) is 0 Å². The van der Waals surface area contributed by atoms with Crippen molar-refractivity contribution in [3.8, 4) is 0 Å². The second-order valence-electron chi connectivity index (χ2n) is 8.98. The molecule has 180 valence electrons. The van der Waals surface area contributed by atoms with Crippen LogP contribution in [0.5, 0.6) is 0 Å². The van der Waals surface area contributed by atoms with E-state index in [9.17, 15) is 9.59 Å². The molecule has 0 aliphatic carbocycles. The van der Waals surface area contributed by atoms with Gasteiger partial charge in [-0.2, -0.15) is 0 Å². The van der Waals surface area contributed by atoms with Gasteiger partial charge in [0.15, 0.2) is 0 Å². The first-order valence-electron chi connectivity index (χ1n) is 12.3. The number of furan rings is 1. The van der Waals surface area contributed by atoms with Gasteiger partial charge in [-0.15, -0.1) is 0 Å². The molecule has 33 heavy (non-hydrogen) atoms. The summed E-state index contributed by atoms with van der Waals surface area (Å²) in [5.74, 6) is 0.537. The lowest BCUT2D eigenvalue weighted by molar-refractivity contribution is -0.134. The number of aryl methyl sites for hydroxylation is 1. The molecule has 0 spiro atoms. The van der Waals surface area contributed by atoms with E-state index in [2.05, 4.69) is 6.92 Å². The van der Waals surface area contributed by atoms with Gasteiger partial charge in [-0.1, -0.05) is 32.4 Å². The fourth-order valence-corrected chi connectivity index (χ4v) is 4.13. The number of amides is 2. The van der Waals surface area contributed by atoms with Crippen molar-refractivity contribution in [2.45, 2.75) is 78.0 Å². The molecule has 1 aliphatic rings. The number of hydrogen-bond donors (Lipinski definition) is 0. The van der Waals surface area contributed by atoms with E-state index in [4.69, 9.17) is 9.15 Å². The SMILES string of the molecule is CCCCc1ccc(C(=O)N(CC(=O)N(Cc2ccco2)CC2CCCO2)C(C)CC)cc1. The Bertz CT molecular complexity index is 857. The van der Waals surface area contributed by atoms with Crippen molar-refractivity contribution in [3.63, 3.8) is 0 Å². The first kappa shape index (κ1) is 25.0. The highest BCUT2D eigenvalue weighted by Crippen LogP contribution is 2.18. The summed E-state index contributed by atoms with van der Waals surface area (Å²) in [4.78, 5) is 30.3. The quantitative estimate of drug-likeness (QED) is 0.449. The van der Waals surface area contributed by atoms with E-state index in [0.717, 1.165) is 50.9 Å². The summed E-state index contributed by atoms with van der Waals surface area (Å²) in [6.07, 6.45) is 7.68. The number of benzene rings is 1. The minimum atomic E-state index is -0.102. The number of unbranched alkanes of at least 4 members (excludes halogenated alkanes) is 1. The molecule has 6 heteroatoms. The first-order valence-corrected chi connectivity index (χ1v) is 12.3. The van der Waals surface area contributed by atoms with Crippen molar-refractivity contribution in [1.82, 2.24) is 9.80 Å². The van der Waals surface area contributed by atoms with Crippen molar-refractivity contribution >= 4 is 11.8 Å².